The van der Waals surface area contributed by atoms with Crippen LogP contribution in [-0.2, 0) is 15.1 Å². The van der Waals surface area contributed by atoms with Crippen LogP contribution in [0.2, 0.25) is 0 Å². The largest absolute Gasteiger partial charge is 0.573 e. The molecule has 3 heterocycles. The Bertz CT molecular complexity index is 1220. The molecule has 4 amide bonds. The lowest BCUT2D eigenvalue weighted by molar-refractivity contribution is -0.274. The molecule has 3 N–H and O–H groups in total. The van der Waals surface area contributed by atoms with Gasteiger partial charge in [0, 0.05) is 32.7 Å². The van der Waals surface area contributed by atoms with E-state index in [4.69, 9.17) is 4.74 Å². The Morgan fingerprint density at radius 2 is 1.36 bits per heavy atom. The van der Waals surface area contributed by atoms with Crippen molar-refractivity contribution < 1.29 is 42.1 Å². The second-order valence-electron chi connectivity index (χ2n) is 10.0. The first-order chi connectivity index (χ1) is 18.5. The fourth-order valence-electron chi connectivity index (χ4n) is 5.70. The van der Waals surface area contributed by atoms with E-state index in [9.17, 15) is 32.7 Å². The van der Waals surface area contributed by atoms with E-state index in [0.29, 0.717) is 30.9 Å². The zero-order valence-corrected chi connectivity index (χ0v) is 20.8. The Morgan fingerprint density at radius 3 is 1.87 bits per heavy atom. The van der Waals surface area contributed by atoms with Crippen LogP contribution < -0.4 is 20.1 Å². The number of halogens is 3. The Kier molecular flexibility index (Phi) is 6.99. The molecule has 3 aliphatic heterocycles. The lowest BCUT2D eigenvalue weighted by atomic mass is 9.70. The summed E-state index contributed by atoms with van der Waals surface area (Å²) in [6.07, 6.45) is -3.30. The van der Waals surface area contributed by atoms with Crippen molar-refractivity contribution in [3.8, 4) is 17.2 Å². The predicted octanol–water partition coefficient (Wildman–Crippen LogP) is 2.33. The number of hydrogen-bond donors (Lipinski definition) is 3. The number of nitrogens with zero attached hydrogens (tertiary/aromatic N) is 2. The topological polar surface area (TPSA) is 120 Å². The molecule has 0 bridgehead atoms. The summed E-state index contributed by atoms with van der Waals surface area (Å²) in [5.41, 5.74) is -1.35. The molecule has 2 aromatic rings. The number of carbonyl (C=O) groups is 3. The van der Waals surface area contributed by atoms with Gasteiger partial charge in [0.25, 0.3) is 11.8 Å². The maximum absolute atomic E-state index is 13.3. The Morgan fingerprint density at radius 1 is 0.846 bits per heavy atom. The smallest absolute Gasteiger partial charge is 0.457 e. The third-order valence-electron chi connectivity index (χ3n) is 7.51. The number of likely N-dealkylation sites (tertiary alicyclic amines) is 2. The molecule has 0 unspecified atom stereocenters. The van der Waals surface area contributed by atoms with E-state index in [0.717, 1.165) is 38.1 Å². The molecule has 2 aromatic carbocycles. The molecule has 5 rings (SSSR count). The van der Waals surface area contributed by atoms with Gasteiger partial charge in [0.2, 0.25) is 5.54 Å². The van der Waals surface area contributed by atoms with Gasteiger partial charge in [-0.05, 0) is 60.2 Å². The molecular weight excluding hydrogens is 521 g/mol. The van der Waals surface area contributed by atoms with E-state index >= 15 is 0 Å². The predicted molar refractivity (Wildman–Crippen MR) is 130 cm³/mol. The molecule has 0 aromatic heterocycles. The van der Waals surface area contributed by atoms with Gasteiger partial charge in [0.1, 0.15) is 17.2 Å². The van der Waals surface area contributed by atoms with Crippen LogP contribution in [0.15, 0.2) is 48.5 Å². The molecule has 10 nitrogen and oxygen atoms in total. The number of aliphatic hydroxyl groups is 1. The van der Waals surface area contributed by atoms with Crippen LogP contribution in [0.1, 0.15) is 18.4 Å². The minimum absolute atomic E-state index is 0.0721. The van der Waals surface area contributed by atoms with Crippen LogP contribution in [0, 0.1) is 5.41 Å². The van der Waals surface area contributed by atoms with E-state index in [2.05, 4.69) is 20.3 Å². The van der Waals surface area contributed by atoms with Crippen molar-refractivity contribution in [3.63, 3.8) is 0 Å². The van der Waals surface area contributed by atoms with Crippen LogP contribution in [-0.4, -0.2) is 78.4 Å². The molecule has 39 heavy (non-hydrogen) atoms. The highest BCUT2D eigenvalue weighted by Crippen LogP contribution is 2.44. The average Bonchev–Trinajstić information content (AvgIpc) is 2.85. The third-order valence-corrected chi connectivity index (χ3v) is 7.51. The lowest BCUT2D eigenvalue weighted by Gasteiger charge is -2.56. The maximum atomic E-state index is 13.3. The summed E-state index contributed by atoms with van der Waals surface area (Å²) >= 11 is 0. The first-order valence-corrected chi connectivity index (χ1v) is 12.4. The van der Waals surface area contributed by atoms with Crippen molar-refractivity contribution in [2.24, 2.45) is 5.41 Å². The standard InChI is InChI=1S/C26H27F3N4O6/c27-26(28,29)39-20-7-5-19(6-8-20)38-18-3-1-17(2-4-18)25(21(35)30-23(37)31-22(25)36)33-11-9-24(10-12-33)15-32(16-24)13-14-34/h1-8,34H,9-16H2,(H2,30,31,35,36,37). The van der Waals surface area contributed by atoms with Gasteiger partial charge >= 0.3 is 12.4 Å². The minimum atomic E-state index is -4.80. The van der Waals surface area contributed by atoms with Gasteiger partial charge in [-0.2, -0.15) is 0 Å². The maximum Gasteiger partial charge on any atom is 0.573 e. The molecule has 3 aliphatic rings. The van der Waals surface area contributed by atoms with Crippen molar-refractivity contribution in [1.82, 2.24) is 20.4 Å². The van der Waals surface area contributed by atoms with Crippen molar-refractivity contribution in [1.29, 1.82) is 0 Å². The fraction of sp³-hybridized carbons (Fsp3) is 0.423. The molecule has 13 heteroatoms. The van der Waals surface area contributed by atoms with Crippen molar-refractivity contribution in [2.45, 2.75) is 24.7 Å². The van der Waals surface area contributed by atoms with Gasteiger partial charge in [-0.1, -0.05) is 12.1 Å². The molecule has 3 saturated heterocycles. The van der Waals surface area contributed by atoms with Gasteiger partial charge in [0.15, 0.2) is 0 Å². The number of alkyl halides is 3. The number of carbonyl (C=O) groups excluding carboxylic acids is 3. The summed E-state index contributed by atoms with van der Waals surface area (Å²) in [6.45, 7) is 3.31. The van der Waals surface area contributed by atoms with Crippen molar-refractivity contribution in [2.75, 3.05) is 39.3 Å². The van der Waals surface area contributed by atoms with E-state index in [1.54, 1.807) is 29.2 Å². The molecule has 0 saturated carbocycles. The third kappa shape index (κ3) is 5.29. The number of imide groups is 2. The first kappa shape index (κ1) is 26.9. The number of nitrogens with one attached hydrogen (secondary N) is 2. The van der Waals surface area contributed by atoms with Crippen molar-refractivity contribution >= 4 is 17.8 Å². The lowest BCUT2D eigenvalue weighted by Crippen LogP contribution is -2.73. The molecule has 0 radical (unpaired) electrons. The Balaban J connectivity index is 1.34. The number of ether oxygens (including phenoxy) is 2. The van der Waals surface area contributed by atoms with Crippen molar-refractivity contribution in [3.05, 3.63) is 54.1 Å². The Hall–Kier alpha value is -3.68. The quantitative estimate of drug-likeness (QED) is 0.451. The summed E-state index contributed by atoms with van der Waals surface area (Å²) < 4.78 is 46.7. The zero-order chi connectivity index (χ0) is 27.8. The number of β-amino-alcohol motifs (C(OH)–C–C–N with tert-alkyl or cyclic N) is 1. The molecule has 3 fully saturated rings. The average molecular weight is 549 g/mol. The summed E-state index contributed by atoms with van der Waals surface area (Å²) in [5, 5.41) is 13.6. The van der Waals surface area contributed by atoms with E-state index < -0.39 is 29.7 Å². The number of amides is 4. The number of barbiturate groups is 1. The summed E-state index contributed by atoms with van der Waals surface area (Å²) in [4.78, 5) is 42.5. The number of benzene rings is 2. The van der Waals surface area contributed by atoms with E-state index in [1.165, 1.54) is 12.1 Å². The number of aliphatic hydroxyl groups excluding tert-OH is 1. The minimum Gasteiger partial charge on any atom is -0.457 e. The molecule has 1 spiro atoms. The second kappa shape index (κ2) is 10.1. The Labute approximate surface area is 221 Å². The van der Waals surface area contributed by atoms with Crippen LogP contribution in [0.5, 0.6) is 17.2 Å². The van der Waals surface area contributed by atoms with Gasteiger partial charge in [-0.25, -0.2) is 4.79 Å². The van der Waals surface area contributed by atoms with Crippen LogP contribution in [0.4, 0.5) is 18.0 Å². The monoisotopic (exact) mass is 548 g/mol. The van der Waals surface area contributed by atoms with Crippen LogP contribution >= 0.6 is 0 Å². The highest BCUT2D eigenvalue weighted by Gasteiger charge is 2.58. The molecular formula is C26H27F3N4O6. The zero-order valence-electron chi connectivity index (χ0n) is 20.8. The molecule has 0 aliphatic carbocycles. The second-order valence-corrected chi connectivity index (χ2v) is 10.0. The van der Waals surface area contributed by atoms with Crippen LogP contribution in [0.25, 0.3) is 0 Å². The van der Waals surface area contributed by atoms with Gasteiger partial charge in [-0.15, -0.1) is 13.2 Å². The summed E-state index contributed by atoms with van der Waals surface area (Å²) in [6, 6.07) is 10.2. The number of rotatable bonds is 7. The highest BCUT2D eigenvalue weighted by molar-refractivity contribution is 6.22. The summed E-state index contributed by atoms with van der Waals surface area (Å²) in [5.74, 6) is -1.29. The SMILES string of the molecule is O=C1NC(=O)C(c2ccc(Oc3ccc(OC(F)(F)F)cc3)cc2)(N2CCC3(CC2)CN(CCO)C3)C(=O)N1. The highest BCUT2D eigenvalue weighted by atomic mass is 19.4. The van der Waals surface area contributed by atoms with E-state index in [-0.39, 0.29) is 23.5 Å². The number of hydrogen-bond acceptors (Lipinski definition) is 8. The normalized spacial score (nSPS) is 21.2. The molecule has 208 valence electrons. The number of piperidine rings is 1. The first-order valence-electron chi connectivity index (χ1n) is 12.4. The van der Waals surface area contributed by atoms with Gasteiger partial charge in [-0.3, -0.25) is 30.0 Å². The molecule has 0 atom stereocenters. The fourth-order valence-corrected chi connectivity index (χ4v) is 5.70. The van der Waals surface area contributed by atoms with E-state index in [1.807, 2.05) is 0 Å². The van der Waals surface area contributed by atoms with Gasteiger partial charge < -0.3 is 14.6 Å². The number of urea groups is 1. The summed E-state index contributed by atoms with van der Waals surface area (Å²) in [7, 11) is 0. The van der Waals surface area contributed by atoms with Crippen LogP contribution in [0.3, 0.4) is 0 Å². The van der Waals surface area contributed by atoms with Gasteiger partial charge in [0.05, 0.1) is 6.61 Å².